The highest BCUT2D eigenvalue weighted by atomic mass is 32.1. The summed E-state index contributed by atoms with van der Waals surface area (Å²) >= 11 is 4.84. The molecule has 0 atom stereocenters. The van der Waals surface area contributed by atoms with Gasteiger partial charge >= 0.3 is 0 Å². The summed E-state index contributed by atoms with van der Waals surface area (Å²) in [7, 11) is 0. The van der Waals surface area contributed by atoms with Gasteiger partial charge < -0.3 is 15.4 Å². The van der Waals surface area contributed by atoms with Crippen molar-refractivity contribution in [1.82, 2.24) is 4.90 Å². The average molecular weight is 266 g/mol. The molecule has 0 radical (unpaired) electrons. The number of rotatable bonds is 6. The van der Waals surface area contributed by atoms with E-state index in [4.69, 9.17) is 22.7 Å². The number of para-hydroxylation sites is 1. The van der Waals surface area contributed by atoms with E-state index in [-0.39, 0.29) is 12.5 Å². The van der Waals surface area contributed by atoms with Gasteiger partial charge in [-0.3, -0.25) is 4.79 Å². The molecule has 0 fully saturated rings. The first-order chi connectivity index (χ1) is 8.60. The second-order valence-corrected chi connectivity index (χ2v) is 4.24. The molecule has 0 heterocycles. The summed E-state index contributed by atoms with van der Waals surface area (Å²) in [5.41, 5.74) is 6.03. The zero-order valence-electron chi connectivity index (χ0n) is 10.7. The van der Waals surface area contributed by atoms with E-state index in [9.17, 15) is 4.79 Å². The Morgan fingerprint density at radius 2 is 2.06 bits per heavy atom. The fraction of sp³-hybridized carbons (Fsp3) is 0.385. The molecule has 5 heteroatoms. The third kappa shape index (κ3) is 3.70. The van der Waals surface area contributed by atoms with Crippen LogP contribution in [0.3, 0.4) is 0 Å². The highest BCUT2D eigenvalue weighted by molar-refractivity contribution is 7.80. The number of thiocarbonyl (C=S) groups is 1. The van der Waals surface area contributed by atoms with Crippen LogP contribution < -0.4 is 10.5 Å². The maximum absolute atomic E-state index is 12.3. The number of benzene rings is 1. The third-order valence-electron chi connectivity index (χ3n) is 2.43. The Labute approximate surface area is 113 Å². The van der Waals surface area contributed by atoms with Crippen LogP contribution in [0.4, 0.5) is 0 Å². The lowest BCUT2D eigenvalue weighted by atomic mass is 10.1. The van der Waals surface area contributed by atoms with E-state index >= 15 is 0 Å². The molecule has 4 nitrogen and oxygen atoms in total. The Hall–Kier alpha value is -1.62. The molecule has 0 bridgehead atoms. The van der Waals surface area contributed by atoms with E-state index in [1.165, 1.54) is 0 Å². The first-order valence-corrected chi connectivity index (χ1v) is 6.30. The quantitative estimate of drug-likeness (QED) is 0.798. The van der Waals surface area contributed by atoms with Gasteiger partial charge in [0.25, 0.3) is 5.91 Å². The molecule has 1 aromatic carbocycles. The summed E-state index contributed by atoms with van der Waals surface area (Å²) < 4.78 is 5.45. The van der Waals surface area contributed by atoms with Gasteiger partial charge in [-0.1, -0.05) is 24.4 Å². The second kappa shape index (κ2) is 6.96. The Balaban J connectivity index is 2.97. The average Bonchev–Trinajstić information content (AvgIpc) is 2.36. The van der Waals surface area contributed by atoms with Crippen molar-refractivity contribution < 1.29 is 9.53 Å². The highest BCUT2D eigenvalue weighted by Gasteiger charge is 2.18. The normalized spacial score (nSPS) is 9.89. The molecule has 2 N–H and O–H groups in total. The molecule has 0 saturated heterocycles. The van der Waals surface area contributed by atoms with Crippen molar-refractivity contribution in [2.45, 2.75) is 13.8 Å². The van der Waals surface area contributed by atoms with Gasteiger partial charge in [0.05, 0.1) is 23.7 Å². The minimum atomic E-state index is -0.116. The Morgan fingerprint density at radius 1 is 1.39 bits per heavy atom. The Morgan fingerprint density at radius 3 is 2.61 bits per heavy atom. The molecule has 0 aliphatic rings. The minimum Gasteiger partial charge on any atom is -0.493 e. The van der Waals surface area contributed by atoms with Gasteiger partial charge in [-0.2, -0.15) is 0 Å². The second-order valence-electron chi connectivity index (χ2n) is 3.71. The maximum atomic E-state index is 12.3. The van der Waals surface area contributed by atoms with Crippen molar-refractivity contribution in [3.63, 3.8) is 0 Å². The molecule has 1 rings (SSSR count). The van der Waals surface area contributed by atoms with Gasteiger partial charge in [-0.25, -0.2) is 0 Å². The first-order valence-electron chi connectivity index (χ1n) is 5.89. The number of hydrogen-bond acceptors (Lipinski definition) is 3. The van der Waals surface area contributed by atoms with Gasteiger partial charge in [0, 0.05) is 6.54 Å². The van der Waals surface area contributed by atoms with Crippen LogP contribution in [0.2, 0.25) is 0 Å². The molecule has 98 valence electrons. The predicted octanol–water partition coefficient (Wildman–Crippen LogP) is 1.83. The van der Waals surface area contributed by atoms with Crippen LogP contribution in [0.5, 0.6) is 5.75 Å². The van der Waals surface area contributed by atoms with E-state index in [2.05, 4.69) is 0 Å². The number of nitrogens with zero attached hydrogens (tertiary/aromatic N) is 1. The lowest BCUT2D eigenvalue weighted by molar-refractivity contribution is 0.0783. The topological polar surface area (TPSA) is 55.6 Å². The molecular formula is C13H18N2O2S. The SMILES string of the molecule is CCOc1ccccc1C(=O)N(CC)CC(N)=S. The number of ether oxygens (including phenoxy) is 1. The Kier molecular flexibility index (Phi) is 5.58. The number of amides is 1. The van der Waals surface area contributed by atoms with Gasteiger partial charge in [0.1, 0.15) is 5.75 Å². The van der Waals surface area contributed by atoms with E-state index in [1.54, 1.807) is 17.0 Å². The summed E-state index contributed by atoms with van der Waals surface area (Å²) in [4.78, 5) is 14.2. The summed E-state index contributed by atoms with van der Waals surface area (Å²) in [6.07, 6.45) is 0. The van der Waals surface area contributed by atoms with Crippen LogP contribution in [-0.2, 0) is 0 Å². The minimum absolute atomic E-state index is 0.116. The fourth-order valence-electron chi connectivity index (χ4n) is 1.61. The lowest BCUT2D eigenvalue weighted by Gasteiger charge is -2.21. The number of carbonyl (C=O) groups excluding carboxylic acids is 1. The van der Waals surface area contributed by atoms with Crippen molar-refractivity contribution in [3.8, 4) is 5.75 Å². The first kappa shape index (κ1) is 14.4. The largest absolute Gasteiger partial charge is 0.493 e. The monoisotopic (exact) mass is 266 g/mol. The molecule has 0 spiro atoms. The number of nitrogens with two attached hydrogens (primary N) is 1. The molecule has 0 aliphatic heterocycles. The van der Waals surface area contributed by atoms with Crippen LogP contribution in [0.1, 0.15) is 24.2 Å². The fourth-order valence-corrected chi connectivity index (χ4v) is 1.77. The summed E-state index contributed by atoms with van der Waals surface area (Å²) in [5, 5.41) is 0. The third-order valence-corrected chi connectivity index (χ3v) is 2.56. The highest BCUT2D eigenvalue weighted by Crippen LogP contribution is 2.19. The summed E-state index contributed by atoms with van der Waals surface area (Å²) in [5.74, 6) is 0.473. The van der Waals surface area contributed by atoms with E-state index in [1.807, 2.05) is 26.0 Å². The van der Waals surface area contributed by atoms with E-state index in [0.717, 1.165) is 0 Å². The standard InChI is InChI=1S/C13H18N2O2S/c1-3-15(9-12(14)18)13(16)10-7-5-6-8-11(10)17-4-2/h5-8H,3-4,9H2,1-2H3,(H2,14,18). The zero-order chi connectivity index (χ0) is 13.5. The van der Waals surface area contributed by atoms with Gasteiger partial charge in [-0.15, -0.1) is 0 Å². The number of carbonyl (C=O) groups is 1. The van der Waals surface area contributed by atoms with Crippen LogP contribution in [-0.4, -0.2) is 35.5 Å². The van der Waals surface area contributed by atoms with Crippen molar-refractivity contribution in [2.24, 2.45) is 5.73 Å². The molecule has 0 saturated carbocycles. The smallest absolute Gasteiger partial charge is 0.257 e. The molecule has 18 heavy (non-hydrogen) atoms. The Bertz CT molecular complexity index is 435. The zero-order valence-corrected chi connectivity index (χ0v) is 11.5. The molecule has 0 aromatic heterocycles. The predicted molar refractivity (Wildman–Crippen MR) is 76.0 cm³/mol. The molecule has 0 unspecified atom stereocenters. The van der Waals surface area contributed by atoms with Crippen LogP contribution in [0, 0.1) is 0 Å². The molecular weight excluding hydrogens is 248 g/mol. The van der Waals surface area contributed by atoms with Gasteiger partial charge in [0.15, 0.2) is 0 Å². The summed E-state index contributed by atoms with van der Waals surface area (Å²) in [6, 6.07) is 7.18. The lowest BCUT2D eigenvalue weighted by Crippen LogP contribution is -2.37. The van der Waals surface area contributed by atoms with Crippen molar-refractivity contribution >= 4 is 23.1 Å². The van der Waals surface area contributed by atoms with Gasteiger partial charge in [-0.05, 0) is 26.0 Å². The molecule has 1 amide bonds. The van der Waals surface area contributed by atoms with Crippen LogP contribution >= 0.6 is 12.2 Å². The van der Waals surface area contributed by atoms with E-state index in [0.29, 0.717) is 29.5 Å². The summed E-state index contributed by atoms with van der Waals surface area (Å²) in [6.45, 7) is 5.13. The molecule has 1 aromatic rings. The van der Waals surface area contributed by atoms with Crippen molar-refractivity contribution in [1.29, 1.82) is 0 Å². The maximum Gasteiger partial charge on any atom is 0.257 e. The van der Waals surface area contributed by atoms with Gasteiger partial charge in [0.2, 0.25) is 0 Å². The number of likely N-dealkylation sites (N-methyl/N-ethyl adjacent to an activating group) is 1. The van der Waals surface area contributed by atoms with Crippen molar-refractivity contribution in [2.75, 3.05) is 19.7 Å². The van der Waals surface area contributed by atoms with E-state index < -0.39 is 0 Å². The number of hydrogen-bond donors (Lipinski definition) is 1. The van der Waals surface area contributed by atoms with Crippen LogP contribution in [0.25, 0.3) is 0 Å². The van der Waals surface area contributed by atoms with Crippen LogP contribution in [0.15, 0.2) is 24.3 Å². The molecule has 0 aliphatic carbocycles. The van der Waals surface area contributed by atoms with Crippen molar-refractivity contribution in [3.05, 3.63) is 29.8 Å².